The zero-order valence-electron chi connectivity index (χ0n) is 17.6. The number of carbonyl (C=O) groups is 2. The predicted molar refractivity (Wildman–Crippen MR) is 115 cm³/mol. The molecular weight excluding hydrogens is 364 g/mol. The van der Waals surface area contributed by atoms with Gasteiger partial charge in [0.1, 0.15) is 18.3 Å². The average molecular weight is 397 g/mol. The summed E-state index contributed by atoms with van der Waals surface area (Å²) in [6.45, 7) is 4.65. The third-order valence-corrected chi connectivity index (χ3v) is 4.83. The van der Waals surface area contributed by atoms with E-state index in [4.69, 9.17) is 9.47 Å². The summed E-state index contributed by atoms with van der Waals surface area (Å²) in [5.41, 5.74) is 1.74. The van der Waals surface area contributed by atoms with Gasteiger partial charge in [-0.25, -0.2) is 0 Å². The van der Waals surface area contributed by atoms with Crippen LogP contribution in [0.25, 0.3) is 0 Å². The lowest BCUT2D eigenvalue weighted by Gasteiger charge is -2.16. The second kappa shape index (κ2) is 12.8. The van der Waals surface area contributed by atoms with E-state index in [-0.39, 0.29) is 12.4 Å². The van der Waals surface area contributed by atoms with Gasteiger partial charge in [0, 0.05) is 6.42 Å². The summed E-state index contributed by atoms with van der Waals surface area (Å²) in [7, 11) is 0. The molecular formula is C25H32O4. The fraction of sp³-hybridized carbons (Fsp3) is 0.440. The van der Waals surface area contributed by atoms with Crippen LogP contribution in [0.1, 0.15) is 69.4 Å². The van der Waals surface area contributed by atoms with E-state index in [1.807, 2.05) is 30.3 Å². The minimum Gasteiger partial charge on any atom is -0.489 e. The Hall–Kier alpha value is -2.62. The molecule has 4 heteroatoms. The van der Waals surface area contributed by atoms with Gasteiger partial charge >= 0.3 is 5.97 Å². The molecule has 1 atom stereocenters. The number of carbonyl (C=O) groups excluding carboxylic acids is 2. The smallest absolute Gasteiger partial charge is 0.321 e. The summed E-state index contributed by atoms with van der Waals surface area (Å²) in [6, 6.07) is 17.1. The van der Waals surface area contributed by atoms with Crippen molar-refractivity contribution in [3.8, 4) is 5.75 Å². The van der Waals surface area contributed by atoms with Gasteiger partial charge in [0.05, 0.1) is 6.61 Å². The number of benzene rings is 2. The van der Waals surface area contributed by atoms with Crippen LogP contribution < -0.4 is 4.74 Å². The van der Waals surface area contributed by atoms with Gasteiger partial charge in [-0.05, 0) is 36.6 Å². The maximum Gasteiger partial charge on any atom is 0.321 e. The first-order chi connectivity index (χ1) is 14.2. The topological polar surface area (TPSA) is 52.6 Å². The molecule has 2 aromatic carbocycles. The molecule has 156 valence electrons. The lowest BCUT2D eigenvalue weighted by atomic mass is 9.91. The normalized spacial score (nSPS) is 11.7. The molecule has 0 spiro atoms. The second-order valence-corrected chi connectivity index (χ2v) is 7.16. The summed E-state index contributed by atoms with van der Waals surface area (Å²) < 4.78 is 11.0. The fourth-order valence-electron chi connectivity index (χ4n) is 3.22. The number of ketones is 1. The molecule has 0 aliphatic heterocycles. The zero-order valence-corrected chi connectivity index (χ0v) is 17.6. The lowest BCUT2D eigenvalue weighted by Crippen LogP contribution is -2.24. The van der Waals surface area contributed by atoms with Crippen LogP contribution in [0.2, 0.25) is 0 Å². The minimum atomic E-state index is -0.857. The molecule has 0 amide bonds. The number of hydrogen-bond acceptors (Lipinski definition) is 4. The SMILES string of the molecule is CCCCCCCC(=O)C(C(=O)OCC)c1ccc(OCc2ccccc2)cc1. The molecule has 0 fully saturated rings. The highest BCUT2D eigenvalue weighted by Crippen LogP contribution is 2.25. The first kappa shape index (κ1) is 22.7. The Morgan fingerprint density at radius 1 is 0.862 bits per heavy atom. The number of hydrogen-bond donors (Lipinski definition) is 0. The Kier molecular flexibility index (Phi) is 9.98. The molecule has 4 nitrogen and oxygen atoms in total. The Labute approximate surface area is 174 Å². The van der Waals surface area contributed by atoms with Crippen molar-refractivity contribution in [3.05, 3.63) is 65.7 Å². The summed E-state index contributed by atoms with van der Waals surface area (Å²) in [6.07, 6.45) is 5.70. The highest BCUT2D eigenvalue weighted by Gasteiger charge is 2.29. The first-order valence-corrected chi connectivity index (χ1v) is 10.6. The average Bonchev–Trinajstić information content (AvgIpc) is 2.74. The fourth-order valence-corrected chi connectivity index (χ4v) is 3.22. The molecule has 2 rings (SSSR count). The highest BCUT2D eigenvalue weighted by atomic mass is 16.5. The summed E-state index contributed by atoms with van der Waals surface area (Å²) in [4.78, 5) is 25.2. The number of ether oxygens (including phenoxy) is 2. The van der Waals surface area contributed by atoms with Gasteiger partial charge in [-0.3, -0.25) is 9.59 Å². The molecule has 2 aromatic rings. The van der Waals surface area contributed by atoms with E-state index in [2.05, 4.69) is 6.92 Å². The van der Waals surface area contributed by atoms with Gasteiger partial charge in [-0.15, -0.1) is 0 Å². The van der Waals surface area contributed by atoms with Crippen molar-refractivity contribution in [3.63, 3.8) is 0 Å². The minimum absolute atomic E-state index is 0.0714. The van der Waals surface area contributed by atoms with Crippen molar-refractivity contribution in [2.45, 2.75) is 64.9 Å². The molecule has 1 unspecified atom stereocenters. The zero-order chi connectivity index (χ0) is 20.9. The van der Waals surface area contributed by atoms with Crippen molar-refractivity contribution >= 4 is 11.8 Å². The molecule has 0 bridgehead atoms. The van der Waals surface area contributed by atoms with Gasteiger partial charge in [0.25, 0.3) is 0 Å². The van der Waals surface area contributed by atoms with E-state index < -0.39 is 11.9 Å². The largest absolute Gasteiger partial charge is 0.489 e. The molecule has 29 heavy (non-hydrogen) atoms. The summed E-state index contributed by atoms with van der Waals surface area (Å²) in [5.74, 6) is -0.696. The van der Waals surface area contributed by atoms with E-state index >= 15 is 0 Å². The van der Waals surface area contributed by atoms with Crippen LogP contribution in [0.3, 0.4) is 0 Å². The Balaban J connectivity index is 1.99. The lowest BCUT2D eigenvalue weighted by molar-refractivity contribution is -0.147. The van der Waals surface area contributed by atoms with Gasteiger partial charge in [-0.2, -0.15) is 0 Å². The van der Waals surface area contributed by atoms with Crippen LogP contribution in [-0.4, -0.2) is 18.4 Å². The number of unbranched alkanes of at least 4 members (excludes halogenated alkanes) is 4. The van der Waals surface area contributed by atoms with Gasteiger partial charge < -0.3 is 9.47 Å². The Bertz CT molecular complexity index is 737. The molecule has 0 aliphatic rings. The van der Waals surface area contributed by atoms with Crippen LogP contribution in [0, 0.1) is 0 Å². The van der Waals surface area contributed by atoms with Crippen LogP contribution in [0.4, 0.5) is 0 Å². The molecule has 0 N–H and O–H groups in total. The summed E-state index contributed by atoms with van der Waals surface area (Å²) >= 11 is 0. The van der Waals surface area contributed by atoms with E-state index in [0.29, 0.717) is 24.3 Å². The standard InChI is InChI=1S/C25H32O4/c1-3-5-6-7-11-14-23(26)24(25(27)28-4-2)21-15-17-22(18-16-21)29-19-20-12-9-8-10-13-20/h8-10,12-13,15-18,24H,3-7,11,14,19H2,1-2H3. The monoisotopic (exact) mass is 396 g/mol. The second-order valence-electron chi connectivity index (χ2n) is 7.16. The van der Waals surface area contributed by atoms with E-state index in [1.165, 1.54) is 6.42 Å². The quantitative estimate of drug-likeness (QED) is 0.242. The Morgan fingerprint density at radius 2 is 1.55 bits per heavy atom. The Morgan fingerprint density at radius 3 is 2.21 bits per heavy atom. The van der Waals surface area contributed by atoms with Crippen molar-refractivity contribution in [2.75, 3.05) is 6.61 Å². The van der Waals surface area contributed by atoms with Crippen molar-refractivity contribution in [2.24, 2.45) is 0 Å². The maximum absolute atomic E-state index is 12.8. The highest BCUT2D eigenvalue weighted by molar-refractivity contribution is 6.04. The number of rotatable bonds is 13. The van der Waals surface area contributed by atoms with Crippen molar-refractivity contribution in [1.82, 2.24) is 0 Å². The molecule has 0 radical (unpaired) electrons. The van der Waals surface area contributed by atoms with Crippen molar-refractivity contribution in [1.29, 1.82) is 0 Å². The van der Waals surface area contributed by atoms with E-state index in [9.17, 15) is 9.59 Å². The molecule has 0 saturated heterocycles. The third-order valence-electron chi connectivity index (χ3n) is 4.83. The summed E-state index contributed by atoms with van der Waals surface area (Å²) in [5, 5.41) is 0. The van der Waals surface area contributed by atoms with E-state index in [0.717, 1.165) is 31.2 Å². The number of Topliss-reactive ketones (excluding diaryl/α,β-unsaturated/α-hetero) is 1. The van der Waals surface area contributed by atoms with Crippen LogP contribution >= 0.6 is 0 Å². The molecule has 0 saturated carbocycles. The van der Waals surface area contributed by atoms with Crippen LogP contribution in [0.5, 0.6) is 5.75 Å². The third kappa shape index (κ3) is 7.72. The molecule has 0 aliphatic carbocycles. The molecule has 0 aromatic heterocycles. The molecule has 0 heterocycles. The van der Waals surface area contributed by atoms with Gasteiger partial charge in [0.2, 0.25) is 0 Å². The van der Waals surface area contributed by atoms with E-state index in [1.54, 1.807) is 31.2 Å². The maximum atomic E-state index is 12.8. The predicted octanol–water partition coefficient (Wildman–Crippen LogP) is 5.84. The van der Waals surface area contributed by atoms with Gasteiger partial charge in [0.15, 0.2) is 5.78 Å². The van der Waals surface area contributed by atoms with Crippen LogP contribution in [0.15, 0.2) is 54.6 Å². The van der Waals surface area contributed by atoms with Crippen molar-refractivity contribution < 1.29 is 19.1 Å². The van der Waals surface area contributed by atoms with Crippen LogP contribution in [-0.2, 0) is 20.9 Å². The number of esters is 1. The first-order valence-electron chi connectivity index (χ1n) is 10.6. The van der Waals surface area contributed by atoms with Gasteiger partial charge in [-0.1, -0.05) is 75.1 Å².